The summed E-state index contributed by atoms with van der Waals surface area (Å²) in [6.07, 6.45) is 2.19. The van der Waals surface area contributed by atoms with Gasteiger partial charge in [0.15, 0.2) is 0 Å². The van der Waals surface area contributed by atoms with E-state index in [2.05, 4.69) is 24.1 Å². The van der Waals surface area contributed by atoms with Gasteiger partial charge in [-0.05, 0) is 51.1 Å². The van der Waals surface area contributed by atoms with Gasteiger partial charge in [-0.15, -0.1) is 0 Å². The molecule has 2 unspecified atom stereocenters. The average molecular weight is 335 g/mol. The van der Waals surface area contributed by atoms with Crippen LogP contribution < -0.4 is 4.74 Å². The number of methoxy groups -OCH3 is 1. The minimum atomic E-state index is -0.127. The van der Waals surface area contributed by atoms with Crippen LogP contribution in [0.3, 0.4) is 0 Å². The molecule has 0 aliphatic carbocycles. The molecule has 2 atom stereocenters. The molecule has 0 aromatic heterocycles. The Morgan fingerprint density at radius 2 is 2.04 bits per heavy atom. The standard InChI is InChI=1S/C19H29NO4/c1-4-23-13-5-6-18(21)24-14-16-11-12-20(2)19(16)15-7-9-17(22-3)10-8-15/h7-10,16,19H,4-6,11-14H2,1-3H3. The summed E-state index contributed by atoms with van der Waals surface area (Å²) in [4.78, 5) is 14.2. The smallest absolute Gasteiger partial charge is 0.305 e. The summed E-state index contributed by atoms with van der Waals surface area (Å²) in [6, 6.07) is 8.45. The Kier molecular flexibility index (Phi) is 7.53. The maximum Gasteiger partial charge on any atom is 0.305 e. The minimum Gasteiger partial charge on any atom is -0.497 e. The molecule has 1 aliphatic heterocycles. The number of carbonyl (C=O) groups is 1. The van der Waals surface area contributed by atoms with Gasteiger partial charge in [-0.3, -0.25) is 9.69 Å². The number of benzene rings is 1. The van der Waals surface area contributed by atoms with Crippen molar-refractivity contribution >= 4 is 5.97 Å². The molecule has 0 saturated carbocycles. The average Bonchev–Trinajstić information content (AvgIpc) is 2.97. The third-order valence-electron chi connectivity index (χ3n) is 4.56. The highest BCUT2D eigenvalue weighted by Crippen LogP contribution is 2.36. The molecule has 1 aromatic carbocycles. The highest BCUT2D eigenvalue weighted by molar-refractivity contribution is 5.69. The largest absolute Gasteiger partial charge is 0.497 e. The Labute approximate surface area is 144 Å². The van der Waals surface area contributed by atoms with Gasteiger partial charge in [-0.1, -0.05) is 12.1 Å². The van der Waals surface area contributed by atoms with Crippen molar-refractivity contribution in [2.24, 2.45) is 5.92 Å². The molecule has 0 N–H and O–H groups in total. The molecule has 1 heterocycles. The van der Waals surface area contributed by atoms with Crippen molar-refractivity contribution in [1.82, 2.24) is 4.90 Å². The van der Waals surface area contributed by atoms with Gasteiger partial charge in [0.25, 0.3) is 0 Å². The number of carbonyl (C=O) groups excluding carboxylic acids is 1. The van der Waals surface area contributed by atoms with Gasteiger partial charge < -0.3 is 14.2 Å². The summed E-state index contributed by atoms with van der Waals surface area (Å²) in [5.41, 5.74) is 1.24. The highest BCUT2D eigenvalue weighted by atomic mass is 16.5. The van der Waals surface area contributed by atoms with Gasteiger partial charge in [0.1, 0.15) is 5.75 Å². The number of rotatable bonds is 9. The molecular weight excluding hydrogens is 306 g/mol. The van der Waals surface area contributed by atoms with E-state index in [-0.39, 0.29) is 12.0 Å². The Morgan fingerprint density at radius 1 is 1.29 bits per heavy atom. The molecule has 5 nitrogen and oxygen atoms in total. The van der Waals surface area contributed by atoms with Crippen LogP contribution >= 0.6 is 0 Å². The molecule has 1 aliphatic rings. The minimum absolute atomic E-state index is 0.127. The normalized spacial score (nSPS) is 21.0. The fourth-order valence-corrected chi connectivity index (χ4v) is 3.26. The Balaban J connectivity index is 1.85. The molecule has 0 spiro atoms. The zero-order chi connectivity index (χ0) is 17.4. The molecule has 0 bridgehead atoms. The summed E-state index contributed by atoms with van der Waals surface area (Å²) in [5.74, 6) is 1.06. The van der Waals surface area contributed by atoms with Crippen molar-refractivity contribution in [2.45, 2.75) is 32.2 Å². The van der Waals surface area contributed by atoms with Crippen LogP contribution in [0.2, 0.25) is 0 Å². The lowest BCUT2D eigenvalue weighted by atomic mass is 9.94. The van der Waals surface area contributed by atoms with Crippen LogP contribution in [-0.2, 0) is 14.3 Å². The second-order valence-corrected chi connectivity index (χ2v) is 6.23. The Morgan fingerprint density at radius 3 is 2.71 bits per heavy atom. The number of likely N-dealkylation sites (tertiary alicyclic amines) is 1. The molecule has 134 valence electrons. The van der Waals surface area contributed by atoms with Crippen LogP contribution in [0.15, 0.2) is 24.3 Å². The van der Waals surface area contributed by atoms with Crippen molar-refractivity contribution in [3.63, 3.8) is 0 Å². The molecule has 5 heteroatoms. The maximum atomic E-state index is 11.9. The number of ether oxygens (including phenoxy) is 3. The van der Waals surface area contributed by atoms with Crippen molar-refractivity contribution in [3.8, 4) is 5.75 Å². The van der Waals surface area contributed by atoms with Gasteiger partial charge in [0, 0.05) is 31.6 Å². The zero-order valence-corrected chi connectivity index (χ0v) is 15.0. The quantitative estimate of drug-likeness (QED) is 0.513. The topological polar surface area (TPSA) is 48.0 Å². The van der Waals surface area contributed by atoms with Crippen LogP contribution in [0.4, 0.5) is 0 Å². The van der Waals surface area contributed by atoms with Gasteiger partial charge >= 0.3 is 5.97 Å². The zero-order valence-electron chi connectivity index (χ0n) is 15.0. The van der Waals surface area contributed by atoms with Crippen molar-refractivity contribution in [1.29, 1.82) is 0 Å². The lowest BCUT2D eigenvalue weighted by Gasteiger charge is -2.25. The van der Waals surface area contributed by atoms with Gasteiger partial charge in [-0.2, -0.15) is 0 Å². The number of esters is 1. The summed E-state index contributed by atoms with van der Waals surface area (Å²) in [6.45, 7) is 4.76. The number of hydrogen-bond acceptors (Lipinski definition) is 5. The van der Waals surface area contributed by atoms with Crippen LogP contribution in [0.25, 0.3) is 0 Å². The van der Waals surface area contributed by atoms with E-state index in [4.69, 9.17) is 14.2 Å². The molecule has 0 radical (unpaired) electrons. The molecule has 2 rings (SSSR count). The Hall–Kier alpha value is -1.59. The first-order valence-corrected chi connectivity index (χ1v) is 8.73. The molecule has 0 amide bonds. The van der Waals surface area contributed by atoms with Crippen LogP contribution in [-0.4, -0.2) is 51.4 Å². The maximum absolute atomic E-state index is 11.9. The summed E-state index contributed by atoms with van der Waals surface area (Å²) in [5, 5.41) is 0. The third kappa shape index (κ3) is 5.21. The van der Waals surface area contributed by atoms with E-state index in [1.807, 2.05) is 19.1 Å². The summed E-state index contributed by atoms with van der Waals surface area (Å²) >= 11 is 0. The fraction of sp³-hybridized carbons (Fsp3) is 0.632. The van der Waals surface area contributed by atoms with E-state index < -0.39 is 0 Å². The van der Waals surface area contributed by atoms with E-state index in [0.29, 0.717) is 32.2 Å². The molecule has 1 aromatic rings. The van der Waals surface area contributed by atoms with E-state index in [1.165, 1.54) is 5.56 Å². The van der Waals surface area contributed by atoms with E-state index in [1.54, 1.807) is 7.11 Å². The van der Waals surface area contributed by atoms with Crippen molar-refractivity contribution < 1.29 is 19.0 Å². The lowest BCUT2D eigenvalue weighted by molar-refractivity contribution is -0.145. The predicted molar refractivity (Wildman–Crippen MR) is 93.2 cm³/mol. The second kappa shape index (κ2) is 9.64. The first kappa shape index (κ1) is 18.7. The van der Waals surface area contributed by atoms with Crippen molar-refractivity contribution in [2.75, 3.05) is 40.5 Å². The monoisotopic (exact) mass is 335 g/mol. The van der Waals surface area contributed by atoms with Gasteiger partial charge in [-0.25, -0.2) is 0 Å². The Bertz CT molecular complexity index is 503. The second-order valence-electron chi connectivity index (χ2n) is 6.23. The van der Waals surface area contributed by atoms with E-state index in [9.17, 15) is 4.79 Å². The van der Waals surface area contributed by atoms with Gasteiger partial charge in [0.05, 0.1) is 13.7 Å². The molecule has 1 fully saturated rings. The van der Waals surface area contributed by atoms with Crippen molar-refractivity contribution in [3.05, 3.63) is 29.8 Å². The van der Waals surface area contributed by atoms with Gasteiger partial charge in [0.2, 0.25) is 0 Å². The first-order valence-electron chi connectivity index (χ1n) is 8.73. The molecule has 1 saturated heterocycles. The van der Waals surface area contributed by atoms with Crippen LogP contribution in [0.5, 0.6) is 5.75 Å². The molecular formula is C19H29NO4. The predicted octanol–water partition coefficient (Wildman–Crippen LogP) is 3.05. The lowest BCUT2D eigenvalue weighted by Crippen LogP contribution is -2.24. The van der Waals surface area contributed by atoms with E-state index >= 15 is 0 Å². The number of hydrogen-bond donors (Lipinski definition) is 0. The summed E-state index contributed by atoms with van der Waals surface area (Å²) in [7, 11) is 3.79. The highest BCUT2D eigenvalue weighted by Gasteiger charge is 2.33. The summed E-state index contributed by atoms with van der Waals surface area (Å²) < 4.78 is 16.0. The SMILES string of the molecule is CCOCCCC(=O)OCC1CCN(C)C1c1ccc(OC)cc1. The van der Waals surface area contributed by atoms with Crippen LogP contribution in [0, 0.1) is 5.92 Å². The third-order valence-corrected chi connectivity index (χ3v) is 4.56. The first-order chi connectivity index (χ1) is 11.7. The molecule has 24 heavy (non-hydrogen) atoms. The van der Waals surface area contributed by atoms with E-state index in [0.717, 1.165) is 25.1 Å². The fourth-order valence-electron chi connectivity index (χ4n) is 3.26. The number of nitrogens with zero attached hydrogens (tertiary/aromatic N) is 1. The van der Waals surface area contributed by atoms with Crippen LogP contribution in [0.1, 0.15) is 37.8 Å².